The molecule has 8 heteroatoms. The second-order valence-electron chi connectivity index (χ2n) is 6.08. The first-order valence-electron chi connectivity index (χ1n) is 8.10. The van der Waals surface area contributed by atoms with Crippen LogP contribution >= 0.6 is 11.3 Å². The number of nitrogens with zero attached hydrogens (tertiary/aromatic N) is 1. The van der Waals surface area contributed by atoms with Gasteiger partial charge >= 0.3 is 12.0 Å². The molecule has 0 aliphatic heterocycles. The van der Waals surface area contributed by atoms with Gasteiger partial charge in [0.1, 0.15) is 5.01 Å². The quantitative estimate of drug-likeness (QED) is 0.754. The van der Waals surface area contributed by atoms with Gasteiger partial charge < -0.3 is 10.5 Å². The number of amides is 3. The van der Waals surface area contributed by atoms with Crippen LogP contribution in [-0.4, -0.2) is 29.0 Å². The number of carbonyl (C=O) groups is 3. The number of hydrogen-bond acceptors (Lipinski definition) is 6. The van der Waals surface area contributed by atoms with Gasteiger partial charge in [-0.3, -0.25) is 14.9 Å². The number of carbonyl (C=O) groups excluding carboxylic acids is 3. The number of aromatic nitrogens is 1. The van der Waals surface area contributed by atoms with Gasteiger partial charge in [-0.15, -0.1) is 11.3 Å². The fourth-order valence-corrected chi connectivity index (χ4v) is 3.02. The highest BCUT2D eigenvalue weighted by Crippen LogP contribution is 2.26. The standard InChI is InChI=1S/C18H21N3O4S/c1-10(2)12-4-6-13(7-5-12)17-20-14(9-26-17)8-15(22)25-11(3)16(23)21-18(19)24/h4-7,9-11H,8H2,1-3H3,(H3,19,21,23,24)/t11-/m1/s1. The number of esters is 1. The highest BCUT2D eigenvalue weighted by atomic mass is 32.1. The average molecular weight is 375 g/mol. The Hall–Kier alpha value is -2.74. The first-order valence-corrected chi connectivity index (χ1v) is 8.98. The SMILES string of the molecule is CC(C)c1ccc(-c2nc(CC(=O)O[C@H](C)C(=O)NC(N)=O)cs2)cc1. The van der Waals surface area contributed by atoms with Gasteiger partial charge in [0, 0.05) is 10.9 Å². The fraction of sp³-hybridized carbons (Fsp3) is 0.333. The third-order valence-electron chi connectivity index (χ3n) is 3.63. The smallest absolute Gasteiger partial charge is 0.318 e. The Morgan fingerprint density at radius 2 is 1.85 bits per heavy atom. The zero-order chi connectivity index (χ0) is 19.3. The lowest BCUT2D eigenvalue weighted by Crippen LogP contribution is -2.42. The second-order valence-corrected chi connectivity index (χ2v) is 6.94. The third kappa shape index (κ3) is 5.38. The van der Waals surface area contributed by atoms with Gasteiger partial charge in [0.25, 0.3) is 5.91 Å². The molecular weight excluding hydrogens is 354 g/mol. The van der Waals surface area contributed by atoms with Crippen molar-refractivity contribution in [3.8, 4) is 10.6 Å². The van der Waals surface area contributed by atoms with Crippen LogP contribution in [0.25, 0.3) is 10.6 Å². The van der Waals surface area contributed by atoms with E-state index in [4.69, 9.17) is 10.5 Å². The number of hydrogen-bond donors (Lipinski definition) is 2. The lowest BCUT2D eigenvalue weighted by molar-refractivity contribution is -0.153. The zero-order valence-electron chi connectivity index (χ0n) is 14.8. The van der Waals surface area contributed by atoms with Crippen molar-refractivity contribution in [1.82, 2.24) is 10.3 Å². The number of urea groups is 1. The lowest BCUT2D eigenvalue weighted by atomic mass is 10.0. The Bertz CT molecular complexity index is 799. The van der Waals surface area contributed by atoms with Crippen molar-refractivity contribution in [2.45, 2.75) is 39.2 Å². The van der Waals surface area contributed by atoms with Crippen molar-refractivity contribution in [3.63, 3.8) is 0 Å². The van der Waals surface area contributed by atoms with E-state index in [1.807, 2.05) is 17.4 Å². The van der Waals surface area contributed by atoms with E-state index in [-0.39, 0.29) is 6.42 Å². The molecule has 0 spiro atoms. The Labute approximate surface area is 155 Å². The van der Waals surface area contributed by atoms with E-state index < -0.39 is 24.0 Å². The number of nitrogens with one attached hydrogen (secondary N) is 1. The minimum Gasteiger partial charge on any atom is -0.452 e. The number of thiazole rings is 1. The molecule has 1 aromatic heterocycles. The maximum atomic E-state index is 11.9. The van der Waals surface area contributed by atoms with Crippen molar-refractivity contribution < 1.29 is 19.1 Å². The largest absolute Gasteiger partial charge is 0.452 e. The summed E-state index contributed by atoms with van der Waals surface area (Å²) in [6.45, 7) is 5.62. The Balaban J connectivity index is 1.96. The summed E-state index contributed by atoms with van der Waals surface area (Å²) >= 11 is 1.43. The highest BCUT2D eigenvalue weighted by molar-refractivity contribution is 7.13. The Morgan fingerprint density at radius 3 is 2.42 bits per heavy atom. The van der Waals surface area contributed by atoms with E-state index in [1.54, 1.807) is 5.38 Å². The van der Waals surface area contributed by atoms with Crippen LogP contribution < -0.4 is 11.1 Å². The molecule has 0 radical (unpaired) electrons. The molecule has 2 aromatic rings. The maximum absolute atomic E-state index is 11.9. The lowest BCUT2D eigenvalue weighted by Gasteiger charge is -2.11. The van der Waals surface area contributed by atoms with Crippen LogP contribution in [0.5, 0.6) is 0 Å². The minimum absolute atomic E-state index is 0.0607. The maximum Gasteiger partial charge on any atom is 0.318 e. The summed E-state index contributed by atoms with van der Waals surface area (Å²) in [5.41, 5.74) is 7.64. The van der Waals surface area contributed by atoms with Crippen LogP contribution in [0.4, 0.5) is 4.79 Å². The van der Waals surface area contributed by atoms with Gasteiger partial charge in [0.2, 0.25) is 0 Å². The molecule has 3 amide bonds. The third-order valence-corrected chi connectivity index (χ3v) is 4.57. The molecule has 0 saturated carbocycles. The summed E-state index contributed by atoms with van der Waals surface area (Å²) in [6.07, 6.45) is -1.17. The van der Waals surface area contributed by atoms with Crippen LogP contribution in [0.3, 0.4) is 0 Å². The number of nitrogens with two attached hydrogens (primary N) is 1. The fourth-order valence-electron chi connectivity index (χ4n) is 2.19. The molecule has 0 aliphatic carbocycles. The summed E-state index contributed by atoms with van der Waals surface area (Å²) in [6, 6.07) is 7.15. The van der Waals surface area contributed by atoms with Gasteiger partial charge in [-0.25, -0.2) is 9.78 Å². The number of imide groups is 1. The van der Waals surface area contributed by atoms with E-state index in [9.17, 15) is 14.4 Å². The topological polar surface area (TPSA) is 111 Å². The molecule has 26 heavy (non-hydrogen) atoms. The van der Waals surface area contributed by atoms with Crippen LogP contribution in [-0.2, 0) is 20.7 Å². The predicted molar refractivity (Wildman–Crippen MR) is 98.6 cm³/mol. The number of ether oxygens (including phenoxy) is 1. The summed E-state index contributed by atoms with van der Waals surface area (Å²) in [4.78, 5) is 38.5. The van der Waals surface area contributed by atoms with Crippen LogP contribution in [0.2, 0.25) is 0 Å². The Kier molecular flexibility index (Phi) is 6.46. The van der Waals surface area contributed by atoms with Crippen molar-refractivity contribution in [1.29, 1.82) is 0 Å². The van der Waals surface area contributed by atoms with E-state index in [2.05, 4.69) is 31.0 Å². The van der Waals surface area contributed by atoms with Crippen molar-refractivity contribution in [2.24, 2.45) is 5.73 Å². The molecule has 0 unspecified atom stereocenters. The predicted octanol–water partition coefficient (Wildman–Crippen LogP) is 2.60. The number of primary amides is 1. The summed E-state index contributed by atoms with van der Waals surface area (Å²) in [5, 5.41) is 4.45. The molecule has 2 rings (SSSR count). The molecule has 0 aliphatic rings. The van der Waals surface area contributed by atoms with Crippen LogP contribution in [0, 0.1) is 0 Å². The molecule has 7 nitrogen and oxygen atoms in total. The summed E-state index contributed by atoms with van der Waals surface area (Å²) < 4.78 is 4.98. The van der Waals surface area contributed by atoms with Gasteiger partial charge in [0.15, 0.2) is 6.10 Å². The van der Waals surface area contributed by atoms with Crippen molar-refractivity contribution in [2.75, 3.05) is 0 Å². The van der Waals surface area contributed by atoms with Crippen LogP contribution in [0.1, 0.15) is 37.9 Å². The molecule has 138 valence electrons. The second kappa shape index (κ2) is 8.57. The molecule has 0 fully saturated rings. The normalized spacial score (nSPS) is 11.8. The number of rotatable bonds is 6. The van der Waals surface area contributed by atoms with E-state index >= 15 is 0 Å². The van der Waals surface area contributed by atoms with E-state index in [0.717, 1.165) is 10.6 Å². The van der Waals surface area contributed by atoms with Gasteiger partial charge in [-0.2, -0.15) is 0 Å². The first-order chi connectivity index (χ1) is 12.3. The average Bonchev–Trinajstić information content (AvgIpc) is 3.02. The van der Waals surface area contributed by atoms with Gasteiger partial charge in [0.05, 0.1) is 12.1 Å². The van der Waals surface area contributed by atoms with Gasteiger partial charge in [-0.05, 0) is 18.4 Å². The molecule has 0 saturated heterocycles. The Morgan fingerprint density at radius 1 is 1.19 bits per heavy atom. The molecule has 1 aromatic carbocycles. The zero-order valence-corrected chi connectivity index (χ0v) is 15.6. The van der Waals surface area contributed by atoms with Crippen LogP contribution in [0.15, 0.2) is 29.6 Å². The number of benzene rings is 1. The first kappa shape index (κ1) is 19.6. The molecule has 3 N–H and O–H groups in total. The summed E-state index contributed by atoms with van der Waals surface area (Å²) in [7, 11) is 0. The summed E-state index contributed by atoms with van der Waals surface area (Å²) in [5.74, 6) is -0.918. The monoisotopic (exact) mass is 375 g/mol. The van der Waals surface area contributed by atoms with Gasteiger partial charge in [-0.1, -0.05) is 38.1 Å². The van der Waals surface area contributed by atoms with Crippen molar-refractivity contribution in [3.05, 3.63) is 40.9 Å². The molecule has 0 bridgehead atoms. The minimum atomic E-state index is -1.11. The molecular formula is C18H21N3O4S. The molecule has 1 atom stereocenters. The van der Waals surface area contributed by atoms with Crippen molar-refractivity contribution >= 4 is 29.2 Å². The van der Waals surface area contributed by atoms with E-state index in [1.165, 1.54) is 23.8 Å². The molecule has 1 heterocycles. The van der Waals surface area contributed by atoms with E-state index in [0.29, 0.717) is 11.6 Å². The highest BCUT2D eigenvalue weighted by Gasteiger charge is 2.20.